The van der Waals surface area contributed by atoms with Crippen LogP contribution in [0.4, 0.5) is 0 Å². The van der Waals surface area contributed by atoms with Crippen molar-refractivity contribution in [3.8, 4) is 5.75 Å². The van der Waals surface area contributed by atoms with Gasteiger partial charge in [-0.1, -0.05) is 36.4 Å². The van der Waals surface area contributed by atoms with Crippen LogP contribution in [0.1, 0.15) is 55.9 Å². The molecule has 7 heteroatoms. The van der Waals surface area contributed by atoms with Crippen LogP contribution in [0.5, 0.6) is 5.75 Å². The first kappa shape index (κ1) is 25.3. The minimum Gasteiger partial charge on any atom is -0.492 e. The second kappa shape index (κ2) is 10.8. The number of esters is 1. The lowest BCUT2D eigenvalue weighted by Gasteiger charge is -2.38. The fourth-order valence-electron chi connectivity index (χ4n) is 5.63. The summed E-state index contributed by atoms with van der Waals surface area (Å²) in [6.07, 6.45) is 3.68. The van der Waals surface area contributed by atoms with Gasteiger partial charge in [-0.3, -0.25) is 9.69 Å². The third-order valence-electron chi connectivity index (χ3n) is 7.16. The minimum atomic E-state index is -0.504. The zero-order valence-electron chi connectivity index (χ0n) is 20.3. The summed E-state index contributed by atoms with van der Waals surface area (Å²) in [5, 5.41) is 0.871. The van der Waals surface area contributed by atoms with Crippen LogP contribution in [-0.2, 0) is 4.74 Å². The molecule has 0 spiro atoms. The molecule has 2 saturated heterocycles. The summed E-state index contributed by atoms with van der Waals surface area (Å²) in [5.41, 5.74) is 0.679. The van der Waals surface area contributed by atoms with E-state index in [-0.39, 0.29) is 35.7 Å². The molecule has 2 aliphatic heterocycles. The fourth-order valence-corrected chi connectivity index (χ4v) is 5.63. The van der Waals surface area contributed by atoms with Crippen molar-refractivity contribution in [2.75, 3.05) is 13.2 Å². The van der Waals surface area contributed by atoms with Gasteiger partial charge in [0.2, 0.25) is 0 Å². The maximum absolute atomic E-state index is 13.2. The number of pyridine rings is 1. The highest BCUT2D eigenvalue weighted by atomic mass is 35.5. The number of carbonyl (C=O) groups excluding carboxylic acids is 1. The Morgan fingerprint density at radius 3 is 2.34 bits per heavy atom. The fraction of sp³-hybridized carbons (Fsp3) is 0.429. The predicted molar refractivity (Wildman–Crippen MR) is 140 cm³/mol. The summed E-state index contributed by atoms with van der Waals surface area (Å²) < 4.78 is 13.5. The van der Waals surface area contributed by atoms with Crippen molar-refractivity contribution < 1.29 is 14.3 Å². The zero-order valence-corrected chi connectivity index (χ0v) is 21.1. The predicted octanol–water partition coefficient (Wildman–Crippen LogP) is 5.24. The van der Waals surface area contributed by atoms with Gasteiger partial charge in [-0.2, -0.15) is 0 Å². The second-order valence-electron chi connectivity index (χ2n) is 9.67. The van der Waals surface area contributed by atoms with Gasteiger partial charge in [-0.25, -0.2) is 4.79 Å². The first-order chi connectivity index (χ1) is 16.5. The van der Waals surface area contributed by atoms with Gasteiger partial charge >= 0.3 is 5.97 Å². The molecule has 3 aromatic rings. The van der Waals surface area contributed by atoms with Crippen molar-refractivity contribution >= 4 is 29.3 Å². The maximum Gasteiger partial charge on any atom is 0.344 e. The zero-order chi connectivity index (χ0) is 23.7. The average molecular weight is 497 g/mol. The summed E-state index contributed by atoms with van der Waals surface area (Å²) in [7, 11) is 0. The van der Waals surface area contributed by atoms with E-state index in [1.807, 2.05) is 68.4 Å². The molecule has 2 aliphatic rings. The molecule has 3 atom stereocenters. The molecule has 35 heavy (non-hydrogen) atoms. The molecule has 2 bridgehead atoms. The van der Waals surface area contributed by atoms with Gasteiger partial charge < -0.3 is 14.0 Å². The van der Waals surface area contributed by atoms with Crippen molar-refractivity contribution in [2.24, 2.45) is 0 Å². The van der Waals surface area contributed by atoms with Crippen LogP contribution < -0.4 is 10.3 Å². The van der Waals surface area contributed by atoms with E-state index in [1.54, 1.807) is 10.6 Å². The largest absolute Gasteiger partial charge is 0.492 e. The van der Waals surface area contributed by atoms with Gasteiger partial charge in [0.15, 0.2) is 0 Å². The molecule has 2 fully saturated rings. The molecular formula is C28H33ClN2O4. The lowest BCUT2D eigenvalue weighted by molar-refractivity contribution is -0.00859. The first-order valence-corrected chi connectivity index (χ1v) is 12.3. The smallest absolute Gasteiger partial charge is 0.344 e. The van der Waals surface area contributed by atoms with Crippen molar-refractivity contribution in [2.45, 2.75) is 63.8 Å². The Bertz CT molecular complexity index is 1210. The number of carbonyl (C=O) groups is 1. The van der Waals surface area contributed by atoms with E-state index in [0.717, 1.165) is 48.9 Å². The third-order valence-corrected chi connectivity index (χ3v) is 7.16. The molecule has 1 aromatic heterocycles. The van der Waals surface area contributed by atoms with Crippen LogP contribution in [0.25, 0.3) is 10.9 Å². The lowest BCUT2D eigenvalue weighted by Crippen LogP contribution is -2.47. The summed E-state index contributed by atoms with van der Waals surface area (Å²) in [5.74, 6) is 0.386. The van der Waals surface area contributed by atoms with E-state index in [0.29, 0.717) is 18.7 Å². The van der Waals surface area contributed by atoms with Crippen molar-refractivity contribution in [1.82, 2.24) is 9.47 Å². The highest BCUT2D eigenvalue weighted by Crippen LogP contribution is 2.37. The Hall–Kier alpha value is -2.83. The number of rotatable bonds is 7. The van der Waals surface area contributed by atoms with E-state index >= 15 is 0 Å². The van der Waals surface area contributed by atoms with Gasteiger partial charge in [0.05, 0.1) is 5.52 Å². The van der Waals surface area contributed by atoms with E-state index in [9.17, 15) is 9.59 Å². The molecule has 6 nitrogen and oxygen atoms in total. The first-order valence-electron chi connectivity index (χ1n) is 12.3. The molecule has 0 saturated carbocycles. The van der Waals surface area contributed by atoms with E-state index in [1.165, 1.54) is 0 Å². The number of hydrogen-bond donors (Lipinski definition) is 0. The Morgan fingerprint density at radius 1 is 1.00 bits per heavy atom. The third kappa shape index (κ3) is 5.24. The van der Waals surface area contributed by atoms with Gasteiger partial charge in [0, 0.05) is 37.5 Å². The number of hydrogen-bond acceptors (Lipinski definition) is 5. The highest BCUT2D eigenvalue weighted by molar-refractivity contribution is 5.94. The molecule has 0 aliphatic carbocycles. The normalized spacial score (nSPS) is 21.6. The number of aromatic nitrogens is 1. The van der Waals surface area contributed by atoms with Crippen molar-refractivity contribution in [1.29, 1.82) is 0 Å². The Labute approximate surface area is 212 Å². The highest BCUT2D eigenvalue weighted by Gasteiger charge is 2.42. The van der Waals surface area contributed by atoms with Crippen LogP contribution >= 0.6 is 12.4 Å². The molecular weight excluding hydrogens is 464 g/mol. The average Bonchev–Trinajstić information content (AvgIpc) is 3.06. The molecule has 5 rings (SSSR count). The molecule has 3 heterocycles. The quantitative estimate of drug-likeness (QED) is 0.419. The number of fused-ring (bicyclic) bond motifs is 3. The van der Waals surface area contributed by atoms with Crippen LogP contribution in [-0.4, -0.2) is 46.8 Å². The summed E-state index contributed by atoms with van der Waals surface area (Å²) in [4.78, 5) is 28.8. The van der Waals surface area contributed by atoms with E-state index < -0.39 is 5.97 Å². The van der Waals surface area contributed by atoms with E-state index in [2.05, 4.69) is 4.90 Å². The molecule has 186 valence electrons. The number of piperidine rings is 1. The summed E-state index contributed by atoms with van der Waals surface area (Å²) in [6, 6.07) is 20.0. The Morgan fingerprint density at radius 2 is 1.66 bits per heavy atom. The van der Waals surface area contributed by atoms with Gasteiger partial charge in [0.1, 0.15) is 24.0 Å². The Balaban J connectivity index is 0.00000289. The number of benzene rings is 2. The van der Waals surface area contributed by atoms with Gasteiger partial charge in [-0.15, -0.1) is 12.4 Å². The second-order valence-corrected chi connectivity index (χ2v) is 9.67. The SMILES string of the molecule is CC(C)n1c(=O)c(C(=O)O[C@H]2C[C@H]3CC[C@@H](C2)N3CCOc2ccccc2)cc2ccccc21.Cl. The number of para-hydroxylation sites is 2. The number of nitrogens with zero attached hydrogens (tertiary/aromatic N) is 2. The lowest BCUT2D eigenvalue weighted by atomic mass is 9.99. The van der Waals surface area contributed by atoms with Crippen LogP contribution in [0.3, 0.4) is 0 Å². The van der Waals surface area contributed by atoms with Gasteiger partial charge in [0.25, 0.3) is 5.56 Å². The van der Waals surface area contributed by atoms with Gasteiger partial charge in [-0.05, 0) is 56.3 Å². The number of halogens is 1. The summed E-state index contributed by atoms with van der Waals surface area (Å²) in [6.45, 7) is 5.43. The topological polar surface area (TPSA) is 60.8 Å². The van der Waals surface area contributed by atoms with Crippen molar-refractivity contribution in [3.63, 3.8) is 0 Å². The molecule has 0 N–H and O–H groups in total. The van der Waals surface area contributed by atoms with Crippen LogP contribution in [0, 0.1) is 0 Å². The van der Waals surface area contributed by atoms with Crippen molar-refractivity contribution in [3.05, 3.63) is 76.6 Å². The standard InChI is InChI=1S/C28H32N2O4.ClH/c1-19(2)30-26-11-7-6-8-20(26)16-25(27(30)31)28(32)34-24-17-21-12-13-22(18-24)29(21)14-15-33-23-9-4-3-5-10-23;/h3-11,16,19,21-22,24H,12-15,17-18H2,1-2H3;1H/t21-,22+,24+;. The molecule has 2 aromatic carbocycles. The minimum absolute atomic E-state index is 0. The molecule has 0 radical (unpaired) electrons. The summed E-state index contributed by atoms with van der Waals surface area (Å²) >= 11 is 0. The maximum atomic E-state index is 13.2. The number of ether oxygens (including phenoxy) is 2. The van der Waals surface area contributed by atoms with E-state index in [4.69, 9.17) is 9.47 Å². The van der Waals surface area contributed by atoms with Crippen LogP contribution in [0.2, 0.25) is 0 Å². The molecule has 0 unspecified atom stereocenters. The molecule has 0 amide bonds. The Kier molecular flexibility index (Phi) is 7.82. The monoisotopic (exact) mass is 496 g/mol. The van der Waals surface area contributed by atoms with Crippen LogP contribution in [0.15, 0.2) is 65.5 Å².